The molecule has 1 nitrogen and oxygen atoms in total. The molecular formula is C46H31N. The Bertz CT molecular complexity index is 2500. The fourth-order valence-corrected chi connectivity index (χ4v) is 8.66. The van der Waals surface area contributed by atoms with Gasteiger partial charge in [-0.1, -0.05) is 133 Å². The first-order chi connectivity index (χ1) is 23.2. The molecule has 0 aromatic heterocycles. The summed E-state index contributed by atoms with van der Waals surface area (Å²) in [4.78, 5) is 2.37. The van der Waals surface area contributed by atoms with Gasteiger partial charge >= 0.3 is 0 Å². The van der Waals surface area contributed by atoms with Gasteiger partial charge in [0.05, 0.1) is 5.41 Å². The van der Waals surface area contributed by atoms with Crippen molar-refractivity contribution in [3.63, 3.8) is 0 Å². The predicted octanol–water partition coefficient (Wildman–Crippen LogP) is 12.1. The minimum Gasteiger partial charge on any atom is -0.310 e. The monoisotopic (exact) mass is 597 g/mol. The van der Waals surface area contributed by atoms with E-state index >= 15 is 0 Å². The van der Waals surface area contributed by atoms with Crippen LogP contribution in [0.2, 0.25) is 0 Å². The highest BCUT2D eigenvalue weighted by Gasteiger charge is 2.52. The Balaban J connectivity index is 1.30. The van der Waals surface area contributed by atoms with E-state index in [0.29, 0.717) is 0 Å². The quantitative estimate of drug-likeness (QED) is 0.196. The van der Waals surface area contributed by atoms with Crippen LogP contribution in [0, 0.1) is 6.92 Å². The summed E-state index contributed by atoms with van der Waals surface area (Å²) in [6.07, 6.45) is 0. The number of hydrogen-bond acceptors (Lipinski definition) is 1. The Morgan fingerprint density at radius 1 is 0.404 bits per heavy atom. The molecule has 0 fully saturated rings. The Morgan fingerprint density at radius 3 is 1.85 bits per heavy atom. The summed E-state index contributed by atoms with van der Waals surface area (Å²) in [5.41, 5.74) is 15.2. The van der Waals surface area contributed by atoms with Crippen molar-refractivity contribution in [2.45, 2.75) is 12.3 Å². The number of aryl methyl sites for hydroxylation is 1. The van der Waals surface area contributed by atoms with Gasteiger partial charge in [-0.2, -0.15) is 0 Å². The molecule has 0 radical (unpaired) electrons. The molecule has 220 valence electrons. The first-order valence-electron chi connectivity index (χ1n) is 16.4. The normalized spacial score (nSPS) is 13.4. The first kappa shape index (κ1) is 26.3. The summed E-state index contributed by atoms with van der Waals surface area (Å²) in [6, 6.07) is 63.1. The molecule has 47 heavy (non-hydrogen) atoms. The second-order valence-corrected chi connectivity index (χ2v) is 13.0. The van der Waals surface area contributed by atoms with Crippen LogP contribution in [-0.4, -0.2) is 0 Å². The number of nitrogens with zero attached hydrogens (tertiary/aromatic N) is 1. The summed E-state index contributed by atoms with van der Waals surface area (Å²) in [5.74, 6) is 0. The molecule has 0 atom stereocenters. The number of para-hydroxylation sites is 1. The van der Waals surface area contributed by atoms with Gasteiger partial charge < -0.3 is 4.90 Å². The summed E-state index contributed by atoms with van der Waals surface area (Å²) >= 11 is 0. The SMILES string of the molecule is Cc1cccc(N(c2ccccc2)c2ccc3c4c(ccc3c2)-c2c(ccc3ccccc23)C42c3ccccc3-c3ccccc32)c1. The smallest absolute Gasteiger partial charge is 0.0731 e. The number of hydrogen-bond donors (Lipinski definition) is 0. The maximum atomic E-state index is 2.41. The fourth-order valence-electron chi connectivity index (χ4n) is 8.66. The molecule has 0 aliphatic heterocycles. The van der Waals surface area contributed by atoms with Gasteiger partial charge in [0.15, 0.2) is 0 Å². The Labute approximate surface area is 275 Å². The predicted molar refractivity (Wildman–Crippen MR) is 197 cm³/mol. The van der Waals surface area contributed by atoms with E-state index in [1.165, 1.54) is 71.6 Å². The lowest BCUT2D eigenvalue weighted by Crippen LogP contribution is -2.26. The van der Waals surface area contributed by atoms with Crippen molar-refractivity contribution >= 4 is 38.6 Å². The van der Waals surface area contributed by atoms with Gasteiger partial charge in [0, 0.05) is 17.1 Å². The molecule has 0 unspecified atom stereocenters. The average molecular weight is 598 g/mol. The Hall–Kier alpha value is -5.92. The third-order valence-corrected chi connectivity index (χ3v) is 10.5. The minimum atomic E-state index is -0.404. The van der Waals surface area contributed by atoms with E-state index in [1.807, 2.05) is 0 Å². The van der Waals surface area contributed by atoms with Crippen LogP contribution in [0.15, 0.2) is 170 Å². The Kier molecular flexibility index (Phi) is 5.48. The first-order valence-corrected chi connectivity index (χ1v) is 16.4. The second-order valence-electron chi connectivity index (χ2n) is 13.0. The molecule has 1 spiro atoms. The van der Waals surface area contributed by atoms with E-state index in [1.54, 1.807) is 0 Å². The number of anilines is 3. The summed E-state index contributed by atoms with van der Waals surface area (Å²) < 4.78 is 0. The molecule has 0 bridgehead atoms. The third kappa shape index (κ3) is 3.54. The van der Waals surface area contributed by atoms with E-state index in [0.717, 1.165) is 17.1 Å². The van der Waals surface area contributed by atoms with Crippen molar-refractivity contribution in [3.05, 3.63) is 198 Å². The van der Waals surface area contributed by atoms with Crippen LogP contribution in [0.25, 0.3) is 43.8 Å². The van der Waals surface area contributed by atoms with Crippen LogP contribution >= 0.6 is 0 Å². The van der Waals surface area contributed by atoms with Crippen molar-refractivity contribution in [2.24, 2.45) is 0 Å². The van der Waals surface area contributed by atoms with Crippen molar-refractivity contribution in [1.82, 2.24) is 0 Å². The molecule has 2 aliphatic carbocycles. The van der Waals surface area contributed by atoms with Gasteiger partial charge in [0.1, 0.15) is 0 Å². The van der Waals surface area contributed by atoms with E-state index in [9.17, 15) is 0 Å². The van der Waals surface area contributed by atoms with Crippen LogP contribution in [-0.2, 0) is 5.41 Å². The zero-order chi connectivity index (χ0) is 31.1. The van der Waals surface area contributed by atoms with Crippen molar-refractivity contribution in [3.8, 4) is 22.3 Å². The number of fused-ring (bicyclic) bond motifs is 14. The fraction of sp³-hybridized carbons (Fsp3) is 0.0435. The van der Waals surface area contributed by atoms with Gasteiger partial charge in [-0.25, -0.2) is 0 Å². The van der Waals surface area contributed by atoms with E-state index in [4.69, 9.17) is 0 Å². The van der Waals surface area contributed by atoms with Crippen molar-refractivity contribution in [2.75, 3.05) is 4.90 Å². The summed E-state index contributed by atoms with van der Waals surface area (Å²) in [5, 5.41) is 5.14. The molecule has 0 amide bonds. The van der Waals surface area contributed by atoms with Gasteiger partial charge in [-0.3, -0.25) is 0 Å². The molecular weight excluding hydrogens is 567 g/mol. The van der Waals surface area contributed by atoms with Crippen LogP contribution in [0.4, 0.5) is 17.1 Å². The standard InChI is InChI=1S/C46H31N/c1-30-12-11-16-34(28-30)47(33-14-3-2-4-15-33)35-24-26-37-32(29-35)22-25-40-44-36-17-6-5-13-31(36)23-27-43(44)46(45(37)40)41-20-9-7-18-38(41)39-19-8-10-21-42(39)46/h2-29H,1H3. The molecule has 8 aromatic rings. The van der Waals surface area contributed by atoms with Crippen molar-refractivity contribution < 1.29 is 0 Å². The van der Waals surface area contributed by atoms with Crippen LogP contribution in [0.5, 0.6) is 0 Å². The average Bonchev–Trinajstić information content (AvgIpc) is 3.60. The largest absolute Gasteiger partial charge is 0.310 e. The van der Waals surface area contributed by atoms with Gasteiger partial charge in [0.2, 0.25) is 0 Å². The second kappa shape index (κ2) is 9.79. The highest BCUT2D eigenvalue weighted by Crippen LogP contribution is 2.65. The lowest BCUT2D eigenvalue weighted by molar-refractivity contribution is 0.802. The van der Waals surface area contributed by atoms with Gasteiger partial charge in [-0.05, 0) is 115 Å². The molecule has 1 heteroatoms. The molecule has 0 N–H and O–H groups in total. The van der Waals surface area contributed by atoms with Crippen LogP contribution < -0.4 is 4.90 Å². The molecule has 0 heterocycles. The Morgan fingerprint density at radius 2 is 1.06 bits per heavy atom. The van der Waals surface area contributed by atoms with E-state index < -0.39 is 5.41 Å². The topological polar surface area (TPSA) is 3.24 Å². The van der Waals surface area contributed by atoms with Crippen molar-refractivity contribution in [1.29, 1.82) is 0 Å². The molecule has 10 rings (SSSR count). The highest BCUT2D eigenvalue weighted by atomic mass is 15.1. The summed E-state index contributed by atoms with van der Waals surface area (Å²) in [7, 11) is 0. The maximum Gasteiger partial charge on any atom is 0.0731 e. The number of benzene rings is 8. The molecule has 0 saturated heterocycles. The number of rotatable bonds is 3. The highest BCUT2D eigenvalue weighted by molar-refractivity contribution is 6.11. The van der Waals surface area contributed by atoms with Gasteiger partial charge in [-0.15, -0.1) is 0 Å². The molecule has 0 saturated carbocycles. The van der Waals surface area contributed by atoms with E-state index in [2.05, 4.69) is 182 Å². The van der Waals surface area contributed by atoms with Gasteiger partial charge in [0.25, 0.3) is 0 Å². The molecule has 8 aromatic carbocycles. The zero-order valence-corrected chi connectivity index (χ0v) is 26.1. The van der Waals surface area contributed by atoms with E-state index in [-0.39, 0.29) is 0 Å². The summed E-state index contributed by atoms with van der Waals surface area (Å²) in [6.45, 7) is 2.16. The lowest BCUT2D eigenvalue weighted by atomic mass is 9.69. The molecule has 2 aliphatic rings. The maximum absolute atomic E-state index is 2.41. The zero-order valence-electron chi connectivity index (χ0n) is 26.1. The minimum absolute atomic E-state index is 0.404. The van der Waals surface area contributed by atoms with Crippen LogP contribution in [0.3, 0.4) is 0 Å². The van der Waals surface area contributed by atoms with Crippen LogP contribution in [0.1, 0.15) is 27.8 Å². The lowest BCUT2D eigenvalue weighted by Gasteiger charge is -2.32. The third-order valence-electron chi connectivity index (χ3n) is 10.5.